The molecule has 0 bridgehead atoms. The van der Waals surface area contributed by atoms with Gasteiger partial charge in [0.05, 0.1) is 6.08 Å². The zero-order valence-corrected chi connectivity index (χ0v) is 11.0. The summed E-state index contributed by atoms with van der Waals surface area (Å²) in [6.45, 7) is 1.03. The van der Waals surface area contributed by atoms with Gasteiger partial charge in [-0.2, -0.15) is 0 Å². The summed E-state index contributed by atoms with van der Waals surface area (Å²) < 4.78 is 0. The minimum atomic E-state index is -1.53. The molecular weight excluding hydrogens is 288 g/mol. The lowest BCUT2D eigenvalue weighted by Crippen LogP contribution is -2.44. The average molecular weight is 302 g/mol. The number of nitrogens with one attached hydrogen (secondary N) is 2. The maximum absolute atomic E-state index is 11.7. The molecule has 0 spiro atoms. The SMILES string of the molecule is CC(=O)N/C(=C\C(=O)O)C(=O)N[C@@H](CCC(=O)O)C(=O)O. The minimum absolute atomic E-state index is 0.392. The first kappa shape index (κ1) is 18.1. The number of carboxylic acid groups (broad SMARTS) is 3. The van der Waals surface area contributed by atoms with Crippen LogP contribution in [0.5, 0.6) is 0 Å². The third-order valence-corrected chi connectivity index (χ3v) is 2.07. The number of hydrogen-bond acceptors (Lipinski definition) is 5. The quantitative estimate of drug-likeness (QED) is 0.338. The maximum atomic E-state index is 11.7. The molecule has 5 N–H and O–H groups in total. The van der Waals surface area contributed by atoms with Gasteiger partial charge in [0.1, 0.15) is 11.7 Å². The molecule has 0 unspecified atom stereocenters. The lowest BCUT2D eigenvalue weighted by atomic mass is 10.1. The second kappa shape index (κ2) is 8.30. The molecule has 0 aromatic heterocycles. The Bertz CT molecular complexity index is 496. The molecule has 0 saturated carbocycles. The lowest BCUT2D eigenvalue weighted by Gasteiger charge is -2.15. The van der Waals surface area contributed by atoms with Gasteiger partial charge in [0, 0.05) is 13.3 Å². The molecule has 0 saturated heterocycles. The van der Waals surface area contributed by atoms with E-state index in [0.717, 1.165) is 6.92 Å². The van der Waals surface area contributed by atoms with Crippen molar-refractivity contribution in [1.82, 2.24) is 10.6 Å². The number of rotatable bonds is 8. The van der Waals surface area contributed by atoms with Crippen LogP contribution in [0.25, 0.3) is 0 Å². The van der Waals surface area contributed by atoms with E-state index in [1.165, 1.54) is 0 Å². The van der Waals surface area contributed by atoms with Crippen LogP contribution in [0.1, 0.15) is 19.8 Å². The molecule has 0 aromatic rings. The summed E-state index contributed by atoms with van der Waals surface area (Å²) in [7, 11) is 0. The van der Waals surface area contributed by atoms with Crippen molar-refractivity contribution < 1.29 is 39.3 Å². The summed E-state index contributed by atoms with van der Waals surface area (Å²) in [5, 5.41) is 29.8. The molecule has 0 aliphatic heterocycles. The summed E-state index contributed by atoms with van der Waals surface area (Å²) in [6, 6.07) is -1.53. The normalized spacial score (nSPS) is 12.1. The Balaban J connectivity index is 4.98. The molecule has 0 aliphatic rings. The first-order chi connectivity index (χ1) is 9.63. The predicted molar refractivity (Wildman–Crippen MR) is 66.0 cm³/mol. The fourth-order valence-corrected chi connectivity index (χ4v) is 1.23. The molecule has 0 aliphatic carbocycles. The Morgan fingerprint density at radius 3 is 2.05 bits per heavy atom. The zero-order chi connectivity index (χ0) is 16.6. The van der Waals surface area contributed by atoms with Crippen molar-refractivity contribution in [1.29, 1.82) is 0 Å². The van der Waals surface area contributed by atoms with Crippen molar-refractivity contribution in [3.63, 3.8) is 0 Å². The van der Waals surface area contributed by atoms with Gasteiger partial charge in [-0.1, -0.05) is 0 Å². The van der Waals surface area contributed by atoms with Gasteiger partial charge in [-0.3, -0.25) is 14.4 Å². The van der Waals surface area contributed by atoms with E-state index in [9.17, 15) is 24.0 Å². The molecule has 10 nitrogen and oxygen atoms in total. The van der Waals surface area contributed by atoms with E-state index in [0.29, 0.717) is 6.08 Å². The van der Waals surface area contributed by atoms with Crippen LogP contribution < -0.4 is 10.6 Å². The summed E-state index contributed by atoms with van der Waals surface area (Å²) >= 11 is 0. The van der Waals surface area contributed by atoms with E-state index < -0.39 is 54.3 Å². The Kier molecular flexibility index (Phi) is 7.15. The van der Waals surface area contributed by atoms with E-state index in [2.05, 4.69) is 0 Å². The van der Waals surface area contributed by atoms with E-state index in [4.69, 9.17) is 15.3 Å². The largest absolute Gasteiger partial charge is 0.481 e. The highest BCUT2D eigenvalue weighted by molar-refractivity contribution is 6.02. The van der Waals surface area contributed by atoms with Crippen molar-refractivity contribution >= 4 is 29.7 Å². The second-order valence-corrected chi connectivity index (χ2v) is 3.87. The Morgan fingerprint density at radius 1 is 1.10 bits per heavy atom. The maximum Gasteiger partial charge on any atom is 0.330 e. The van der Waals surface area contributed by atoms with Crippen LogP contribution in [-0.4, -0.2) is 51.1 Å². The van der Waals surface area contributed by atoms with Crippen LogP contribution in [0.3, 0.4) is 0 Å². The minimum Gasteiger partial charge on any atom is -0.481 e. The Morgan fingerprint density at radius 2 is 1.67 bits per heavy atom. The molecular formula is C11H14N2O8. The van der Waals surface area contributed by atoms with Gasteiger partial charge in [-0.25, -0.2) is 9.59 Å². The molecule has 0 heterocycles. The monoisotopic (exact) mass is 302 g/mol. The van der Waals surface area contributed by atoms with Gasteiger partial charge in [-0.15, -0.1) is 0 Å². The summed E-state index contributed by atoms with van der Waals surface area (Å²) in [4.78, 5) is 54.4. The van der Waals surface area contributed by atoms with Crippen LogP contribution in [0.2, 0.25) is 0 Å². The van der Waals surface area contributed by atoms with Crippen LogP contribution in [0.4, 0.5) is 0 Å². The van der Waals surface area contributed by atoms with Gasteiger partial charge >= 0.3 is 17.9 Å². The van der Waals surface area contributed by atoms with Crippen LogP contribution in [0.15, 0.2) is 11.8 Å². The summed E-state index contributed by atoms with van der Waals surface area (Å²) in [5.74, 6) is -6.13. The molecule has 116 valence electrons. The molecule has 0 rings (SSSR count). The number of amides is 2. The van der Waals surface area contributed by atoms with E-state index in [1.54, 1.807) is 0 Å². The highest BCUT2D eigenvalue weighted by Crippen LogP contribution is 2.00. The number of carbonyl (C=O) groups excluding carboxylic acids is 2. The van der Waals surface area contributed by atoms with E-state index >= 15 is 0 Å². The number of aliphatic carboxylic acids is 3. The molecule has 1 atom stereocenters. The van der Waals surface area contributed by atoms with Gasteiger partial charge in [0.25, 0.3) is 5.91 Å². The molecule has 10 heteroatoms. The molecule has 2 amide bonds. The van der Waals surface area contributed by atoms with Crippen LogP contribution >= 0.6 is 0 Å². The van der Waals surface area contributed by atoms with Crippen molar-refractivity contribution in [3.8, 4) is 0 Å². The molecule has 0 fully saturated rings. The smallest absolute Gasteiger partial charge is 0.330 e. The van der Waals surface area contributed by atoms with E-state index in [1.807, 2.05) is 10.6 Å². The second-order valence-electron chi connectivity index (χ2n) is 3.87. The average Bonchev–Trinajstić information content (AvgIpc) is 2.31. The van der Waals surface area contributed by atoms with Crippen molar-refractivity contribution in [2.45, 2.75) is 25.8 Å². The first-order valence-electron chi connectivity index (χ1n) is 5.61. The fraction of sp³-hybridized carbons (Fsp3) is 0.364. The third kappa shape index (κ3) is 7.97. The van der Waals surface area contributed by atoms with Crippen molar-refractivity contribution in [2.75, 3.05) is 0 Å². The van der Waals surface area contributed by atoms with Gasteiger partial charge < -0.3 is 26.0 Å². The van der Waals surface area contributed by atoms with Crippen LogP contribution in [-0.2, 0) is 24.0 Å². The molecule has 0 aromatic carbocycles. The predicted octanol–water partition coefficient (Wildman–Crippen LogP) is -1.47. The molecule has 21 heavy (non-hydrogen) atoms. The highest BCUT2D eigenvalue weighted by Gasteiger charge is 2.23. The standard InChI is InChI=1S/C11H14N2O8/c1-5(14)12-7(4-9(17)18)10(19)13-6(11(20)21)2-3-8(15)16/h4,6H,2-3H2,1H3,(H,12,14)(H,13,19)(H,15,16)(H,17,18)(H,20,21)/b7-4-/t6-/m0/s1. The van der Waals surface area contributed by atoms with Crippen LogP contribution in [0, 0.1) is 0 Å². The first-order valence-corrected chi connectivity index (χ1v) is 5.61. The highest BCUT2D eigenvalue weighted by atomic mass is 16.4. The zero-order valence-electron chi connectivity index (χ0n) is 11.0. The topological polar surface area (TPSA) is 170 Å². The Hall–Kier alpha value is -2.91. The lowest BCUT2D eigenvalue weighted by molar-refractivity contribution is -0.142. The van der Waals surface area contributed by atoms with Crippen molar-refractivity contribution in [2.24, 2.45) is 0 Å². The third-order valence-electron chi connectivity index (χ3n) is 2.07. The Labute approximate surface area is 118 Å². The summed E-state index contributed by atoms with van der Waals surface area (Å²) in [6.07, 6.45) is -0.501. The van der Waals surface area contributed by atoms with Gasteiger partial charge in [0.2, 0.25) is 5.91 Å². The summed E-state index contributed by atoms with van der Waals surface area (Å²) in [5.41, 5.74) is -0.656. The molecule has 0 radical (unpaired) electrons. The number of carboxylic acids is 3. The van der Waals surface area contributed by atoms with Gasteiger partial charge in [-0.05, 0) is 6.42 Å². The van der Waals surface area contributed by atoms with Gasteiger partial charge in [0.15, 0.2) is 0 Å². The number of hydrogen-bond donors (Lipinski definition) is 5. The fourth-order valence-electron chi connectivity index (χ4n) is 1.23. The van der Waals surface area contributed by atoms with E-state index in [-0.39, 0.29) is 0 Å². The number of carbonyl (C=O) groups is 5. The van der Waals surface area contributed by atoms with Crippen molar-refractivity contribution in [3.05, 3.63) is 11.8 Å².